The summed E-state index contributed by atoms with van der Waals surface area (Å²) in [6, 6.07) is 12.4. The van der Waals surface area contributed by atoms with Gasteiger partial charge in [-0.1, -0.05) is 12.1 Å². The van der Waals surface area contributed by atoms with Gasteiger partial charge in [-0.25, -0.2) is 4.79 Å². The number of nitrogens with zero attached hydrogens (tertiary/aromatic N) is 2. The summed E-state index contributed by atoms with van der Waals surface area (Å²) in [5.74, 6) is -0.351. The van der Waals surface area contributed by atoms with Gasteiger partial charge in [0.05, 0.1) is 23.4 Å². The highest BCUT2D eigenvalue weighted by molar-refractivity contribution is 5.90. The van der Waals surface area contributed by atoms with Crippen molar-refractivity contribution in [2.24, 2.45) is 0 Å². The van der Waals surface area contributed by atoms with Crippen LogP contribution in [0.4, 0.5) is 0 Å². The van der Waals surface area contributed by atoms with Gasteiger partial charge >= 0.3 is 5.97 Å². The quantitative estimate of drug-likeness (QED) is 0.788. The Bertz CT molecular complexity index is 627. The third kappa shape index (κ3) is 2.78. The fraction of sp³-hybridized carbons (Fsp3) is 0.133. The van der Waals surface area contributed by atoms with Crippen LogP contribution in [0.1, 0.15) is 22.8 Å². The number of aromatic nitrogens is 1. The molecule has 4 heteroatoms. The van der Waals surface area contributed by atoms with E-state index in [0.29, 0.717) is 23.4 Å². The van der Waals surface area contributed by atoms with Crippen molar-refractivity contribution in [2.75, 3.05) is 6.61 Å². The smallest absolute Gasteiger partial charge is 0.338 e. The van der Waals surface area contributed by atoms with Gasteiger partial charge in [-0.3, -0.25) is 4.98 Å². The van der Waals surface area contributed by atoms with E-state index in [1.54, 1.807) is 49.5 Å². The highest BCUT2D eigenvalue weighted by Crippen LogP contribution is 2.21. The summed E-state index contributed by atoms with van der Waals surface area (Å²) in [7, 11) is 0. The molecule has 94 valence electrons. The van der Waals surface area contributed by atoms with E-state index in [0.717, 1.165) is 5.56 Å². The second kappa shape index (κ2) is 5.78. The van der Waals surface area contributed by atoms with Crippen LogP contribution in [0.25, 0.3) is 11.3 Å². The molecule has 0 aliphatic heterocycles. The molecule has 0 aliphatic carbocycles. The van der Waals surface area contributed by atoms with Gasteiger partial charge in [-0.05, 0) is 31.2 Å². The number of hydrogen-bond acceptors (Lipinski definition) is 4. The van der Waals surface area contributed by atoms with E-state index in [4.69, 9.17) is 10.00 Å². The summed E-state index contributed by atoms with van der Waals surface area (Å²) in [5.41, 5.74) is 2.40. The standard InChI is InChI=1S/C15H12N2O2/c1-2-19-15(18)12-7-5-11(6-8-12)14-13(10-16)4-3-9-17-14/h3-9H,2H2,1H3. The topological polar surface area (TPSA) is 63.0 Å². The lowest BCUT2D eigenvalue weighted by Crippen LogP contribution is -2.04. The Morgan fingerprint density at radius 3 is 2.68 bits per heavy atom. The van der Waals surface area contributed by atoms with E-state index in [9.17, 15) is 4.79 Å². The van der Waals surface area contributed by atoms with Gasteiger partial charge in [0.25, 0.3) is 0 Å². The zero-order valence-corrected chi connectivity index (χ0v) is 10.5. The Morgan fingerprint density at radius 1 is 1.32 bits per heavy atom. The van der Waals surface area contributed by atoms with Crippen LogP contribution in [-0.2, 0) is 4.74 Å². The zero-order valence-electron chi connectivity index (χ0n) is 10.5. The molecule has 0 radical (unpaired) electrons. The van der Waals surface area contributed by atoms with Crippen LogP contribution in [0.5, 0.6) is 0 Å². The van der Waals surface area contributed by atoms with Crippen LogP contribution >= 0.6 is 0 Å². The summed E-state index contributed by atoms with van der Waals surface area (Å²) < 4.78 is 4.91. The monoisotopic (exact) mass is 252 g/mol. The van der Waals surface area contributed by atoms with Crippen LogP contribution in [0.2, 0.25) is 0 Å². The Morgan fingerprint density at radius 2 is 2.05 bits per heavy atom. The number of nitriles is 1. The molecule has 0 atom stereocenters. The fourth-order valence-electron chi connectivity index (χ4n) is 1.70. The van der Waals surface area contributed by atoms with Crippen LogP contribution in [0, 0.1) is 11.3 Å². The number of esters is 1. The first kappa shape index (κ1) is 12.8. The van der Waals surface area contributed by atoms with E-state index in [2.05, 4.69) is 11.1 Å². The lowest BCUT2D eigenvalue weighted by atomic mass is 10.0. The summed E-state index contributed by atoms with van der Waals surface area (Å²) in [6.07, 6.45) is 1.63. The highest BCUT2D eigenvalue weighted by Gasteiger charge is 2.09. The van der Waals surface area contributed by atoms with Gasteiger partial charge in [0.2, 0.25) is 0 Å². The fourth-order valence-corrected chi connectivity index (χ4v) is 1.70. The minimum atomic E-state index is -0.351. The maximum absolute atomic E-state index is 11.5. The molecule has 0 saturated carbocycles. The Hall–Kier alpha value is -2.67. The third-order valence-electron chi connectivity index (χ3n) is 2.60. The molecule has 0 saturated heterocycles. The minimum Gasteiger partial charge on any atom is -0.462 e. The number of ether oxygens (including phenoxy) is 1. The lowest BCUT2D eigenvalue weighted by molar-refractivity contribution is 0.0526. The van der Waals surface area contributed by atoms with Gasteiger partial charge in [-0.15, -0.1) is 0 Å². The first-order valence-electron chi connectivity index (χ1n) is 5.89. The highest BCUT2D eigenvalue weighted by atomic mass is 16.5. The lowest BCUT2D eigenvalue weighted by Gasteiger charge is -2.05. The van der Waals surface area contributed by atoms with Crippen LogP contribution in [0.3, 0.4) is 0 Å². The summed E-state index contributed by atoms with van der Waals surface area (Å²) >= 11 is 0. The first-order chi connectivity index (χ1) is 9.26. The molecule has 1 aromatic heterocycles. The normalized spacial score (nSPS) is 9.68. The zero-order chi connectivity index (χ0) is 13.7. The number of carbonyl (C=O) groups excluding carboxylic acids is 1. The van der Waals surface area contributed by atoms with Crippen molar-refractivity contribution in [3.63, 3.8) is 0 Å². The van der Waals surface area contributed by atoms with Crippen molar-refractivity contribution in [3.05, 3.63) is 53.7 Å². The summed E-state index contributed by atoms with van der Waals surface area (Å²) in [6.45, 7) is 2.11. The molecule has 2 rings (SSSR count). The molecule has 0 fully saturated rings. The molecule has 0 N–H and O–H groups in total. The molecule has 0 amide bonds. The van der Waals surface area contributed by atoms with E-state index >= 15 is 0 Å². The molecule has 19 heavy (non-hydrogen) atoms. The number of carbonyl (C=O) groups is 1. The van der Waals surface area contributed by atoms with Crippen molar-refractivity contribution in [3.8, 4) is 17.3 Å². The SMILES string of the molecule is CCOC(=O)c1ccc(-c2ncccc2C#N)cc1. The Labute approximate surface area is 111 Å². The minimum absolute atomic E-state index is 0.347. The number of rotatable bonds is 3. The van der Waals surface area contributed by atoms with Crippen LogP contribution in [0.15, 0.2) is 42.6 Å². The van der Waals surface area contributed by atoms with E-state index < -0.39 is 0 Å². The van der Waals surface area contributed by atoms with Crippen molar-refractivity contribution in [1.29, 1.82) is 5.26 Å². The Balaban J connectivity index is 2.33. The maximum atomic E-state index is 11.5. The molecule has 1 heterocycles. The molecule has 2 aromatic rings. The van der Waals surface area contributed by atoms with Gasteiger partial charge in [0, 0.05) is 11.8 Å². The van der Waals surface area contributed by atoms with Crippen molar-refractivity contribution in [1.82, 2.24) is 4.98 Å². The average molecular weight is 252 g/mol. The third-order valence-corrected chi connectivity index (χ3v) is 2.60. The molecule has 1 aromatic carbocycles. The molecular weight excluding hydrogens is 240 g/mol. The van der Waals surface area contributed by atoms with E-state index in [1.165, 1.54) is 0 Å². The first-order valence-corrected chi connectivity index (χ1v) is 5.89. The molecule has 0 spiro atoms. The van der Waals surface area contributed by atoms with Crippen LogP contribution < -0.4 is 0 Å². The molecule has 0 unspecified atom stereocenters. The van der Waals surface area contributed by atoms with Gasteiger partial charge < -0.3 is 4.74 Å². The Kier molecular flexibility index (Phi) is 3.89. The molecular formula is C15H12N2O2. The molecule has 0 aliphatic rings. The number of benzene rings is 1. The average Bonchev–Trinajstić information content (AvgIpc) is 2.47. The second-order valence-corrected chi connectivity index (χ2v) is 3.81. The number of pyridine rings is 1. The maximum Gasteiger partial charge on any atom is 0.338 e. The van der Waals surface area contributed by atoms with Gasteiger partial charge in [0.1, 0.15) is 6.07 Å². The largest absolute Gasteiger partial charge is 0.462 e. The van der Waals surface area contributed by atoms with Gasteiger partial charge in [-0.2, -0.15) is 5.26 Å². The summed E-state index contributed by atoms with van der Waals surface area (Å²) in [5, 5.41) is 9.03. The number of hydrogen-bond donors (Lipinski definition) is 0. The van der Waals surface area contributed by atoms with Crippen molar-refractivity contribution < 1.29 is 9.53 Å². The van der Waals surface area contributed by atoms with Gasteiger partial charge in [0.15, 0.2) is 0 Å². The second-order valence-electron chi connectivity index (χ2n) is 3.81. The predicted octanol–water partition coefficient (Wildman–Crippen LogP) is 2.80. The van der Waals surface area contributed by atoms with Crippen LogP contribution in [-0.4, -0.2) is 17.6 Å². The summed E-state index contributed by atoms with van der Waals surface area (Å²) in [4.78, 5) is 15.7. The van der Waals surface area contributed by atoms with Crippen molar-refractivity contribution in [2.45, 2.75) is 6.92 Å². The van der Waals surface area contributed by atoms with E-state index in [1.807, 2.05) is 0 Å². The van der Waals surface area contributed by atoms with Crippen molar-refractivity contribution >= 4 is 5.97 Å². The molecule has 4 nitrogen and oxygen atoms in total. The molecule has 0 bridgehead atoms. The van der Waals surface area contributed by atoms with E-state index in [-0.39, 0.29) is 5.97 Å². The predicted molar refractivity (Wildman–Crippen MR) is 70.3 cm³/mol.